The summed E-state index contributed by atoms with van der Waals surface area (Å²) in [7, 11) is 1.81. The third-order valence-electron chi connectivity index (χ3n) is 6.08. The summed E-state index contributed by atoms with van der Waals surface area (Å²) in [6.45, 7) is 4.12. The summed E-state index contributed by atoms with van der Waals surface area (Å²) in [5.74, 6) is -0.507. The van der Waals surface area contributed by atoms with Crippen molar-refractivity contribution in [2.75, 3.05) is 6.61 Å². The number of carbonyl (C=O) groups excluding carboxylic acids is 1. The Kier molecular flexibility index (Phi) is 5.80. The van der Waals surface area contributed by atoms with Gasteiger partial charge in [0.05, 0.1) is 24.7 Å². The minimum Gasteiger partial charge on any atom is -0.466 e. The number of carbonyl (C=O) groups is 1. The van der Waals surface area contributed by atoms with Crippen LogP contribution in [0.1, 0.15) is 59.1 Å². The lowest BCUT2D eigenvalue weighted by atomic mass is 9.83. The monoisotopic (exact) mass is 427 g/mol. The molecule has 1 heterocycles. The standard InChI is InChI=1S/C23H26ClN3O3/c1-4-30-21(29)11-19(15-8-14-6-5-7-17(14)16(9-15)12-28)18-10-20(24)23-22(13(18)2)25-26-27(23)3/h8-10,19,28H,4-7,11-12H2,1-3H3/t19-/m1/s1. The molecule has 0 saturated heterocycles. The van der Waals surface area contributed by atoms with Gasteiger partial charge >= 0.3 is 5.97 Å². The number of aliphatic hydroxyl groups excluding tert-OH is 1. The van der Waals surface area contributed by atoms with E-state index < -0.39 is 0 Å². The van der Waals surface area contributed by atoms with Gasteiger partial charge in [0.15, 0.2) is 0 Å². The van der Waals surface area contributed by atoms with E-state index in [1.165, 1.54) is 11.1 Å². The van der Waals surface area contributed by atoms with Crippen molar-refractivity contribution in [1.82, 2.24) is 15.0 Å². The summed E-state index contributed by atoms with van der Waals surface area (Å²) < 4.78 is 6.93. The molecular formula is C23H26ClN3O3. The highest BCUT2D eigenvalue weighted by molar-refractivity contribution is 6.35. The van der Waals surface area contributed by atoms with Crippen molar-refractivity contribution in [1.29, 1.82) is 0 Å². The summed E-state index contributed by atoms with van der Waals surface area (Å²) in [6.07, 6.45) is 3.26. The molecule has 0 spiro atoms. The second-order valence-electron chi connectivity index (χ2n) is 7.87. The van der Waals surface area contributed by atoms with Gasteiger partial charge in [-0.15, -0.1) is 5.10 Å². The zero-order chi connectivity index (χ0) is 21.4. The molecule has 1 aliphatic carbocycles. The third-order valence-corrected chi connectivity index (χ3v) is 6.37. The summed E-state index contributed by atoms with van der Waals surface area (Å²) in [5.41, 5.74) is 7.83. The Labute approximate surface area is 180 Å². The molecule has 7 heteroatoms. The Bertz CT molecular complexity index is 1120. The second kappa shape index (κ2) is 8.36. The number of halogens is 1. The number of hydrogen-bond donors (Lipinski definition) is 1. The number of rotatable bonds is 6. The fourth-order valence-corrected chi connectivity index (χ4v) is 4.98. The van der Waals surface area contributed by atoms with Crippen molar-refractivity contribution in [3.05, 3.63) is 56.6 Å². The molecule has 6 nitrogen and oxygen atoms in total. The molecule has 0 bridgehead atoms. The van der Waals surface area contributed by atoms with Gasteiger partial charge in [0.1, 0.15) is 11.0 Å². The van der Waals surface area contributed by atoms with Crippen LogP contribution in [0.15, 0.2) is 18.2 Å². The predicted octanol–water partition coefficient (Wildman–Crippen LogP) is 4.00. The first-order chi connectivity index (χ1) is 14.4. The molecule has 0 fully saturated rings. The highest BCUT2D eigenvalue weighted by Crippen LogP contribution is 2.39. The zero-order valence-electron chi connectivity index (χ0n) is 17.5. The van der Waals surface area contributed by atoms with Crippen LogP contribution in [-0.2, 0) is 36.0 Å². The first-order valence-electron chi connectivity index (χ1n) is 10.3. The van der Waals surface area contributed by atoms with Crippen LogP contribution < -0.4 is 0 Å². The number of ether oxygens (including phenoxy) is 1. The van der Waals surface area contributed by atoms with E-state index in [-0.39, 0.29) is 24.9 Å². The lowest BCUT2D eigenvalue weighted by Gasteiger charge is -2.22. The molecule has 0 saturated carbocycles. The Balaban J connectivity index is 1.89. The highest BCUT2D eigenvalue weighted by Gasteiger charge is 2.26. The minimum atomic E-state index is -0.261. The van der Waals surface area contributed by atoms with Crippen molar-refractivity contribution in [2.45, 2.75) is 52.1 Å². The molecule has 3 aromatic rings. The molecule has 30 heavy (non-hydrogen) atoms. The number of fused-ring (bicyclic) bond motifs is 2. The van der Waals surface area contributed by atoms with Crippen molar-refractivity contribution in [2.24, 2.45) is 7.05 Å². The normalized spacial score (nSPS) is 14.2. The lowest BCUT2D eigenvalue weighted by Crippen LogP contribution is -2.14. The maximum absolute atomic E-state index is 12.5. The van der Waals surface area contributed by atoms with Crippen molar-refractivity contribution >= 4 is 28.6 Å². The predicted molar refractivity (Wildman–Crippen MR) is 116 cm³/mol. The zero-order valence-corrected chi connectivity index (χ0v) is 18.3. The highest BCUT2D eigenvalue weighted by atomic mass is 35.5. The van der Waals surface area contributed by atoms with Crippen molar-refractivity contribution < 1.29 is 14.6 Å². The number of benzene rings is 2. The number of aliphatic hydroxyl groups is 1. The van der Waals surface area contributed by atoms with E-state index in [4.69, 9.17) is 16.3 Å². The van der Waals surface area contributed by atoms with Crippen LogP contribution in [0.4, 0.5) is 0 Å². The molecule has 2 aromatic carbocycles. The van der Waals surface area contributed by atoms with Gasteiger partial charge in [-0.25, -0.2) is 4.68 Å². The maximum Gasteiger partial charge on any atom is 0.306 e. The maximum atomic E-state index is 12.5. The SMILES string of the molecule is CCOC(=O)C[C@H](c1cc(CO)c2c(c1)CCC2)c1cc(Cl)c2c(nnn2C)c1C. The van der Waals surface area contributed by atoms with Gasteiger partial charge in [-0.1, -0.05) is 28.9 Å². The van der Waals surface area contributed by atoms with Gasteiger partial charge in [-0.05, 0) is 72.6 Å². The van der Waals surface area contributed by atoms with E-state index in [0.29, 0.717) is 11.6 Å². The molecule has 4 rings (SSSR count). The third kappa shape index (κ3) is 3.59. The average Bonchev–Trinajstić information content (AvgIpc) is 3.35. The smallest absolute Gasteiger partial charge is 0.306 e. The fraction of sp³-hybridized carbons (Fsp3) is 0.435. The summed E-state index contributed by atoms with van der Waals surface area (Å²) in [4.78, 5) is 12.5. The number of hydrogen-bond acceptors (Lipinski definition) is 5. The fourth-order valence-electron chi connectivity index (χ4n) is 4.65. The largest absolute Gasteiger partial charge is 0.466 e. The van der Waals surface area contributed by atoms with Crippen LogP contribution in [0.2, 0.25) is 5.02 Å². The average molecular weight is 428 g/mol. The Morgan fingerprint density at radius 2 is 2.13 bits per heavy atom. The first kappa shape index (κ1) is 20.8. The van der Waals surface area contributed by atoms with E-state index in [0.717, 1.165) is 52.5 Å². The molecule has 1 N–H and O–H groups in total. The van der Waals surface area contributed by atoms with Crippen LogP contribution in [0.5, 0.6) is 0 Å². The Morgan fingerprint density at radius 3 is 2.87 bits per heavy atom. The summed E-state index contributed by atoms with van der Waals surface area (Å²) in [5, 5.41) is 18.9. The Hall–Kier alpha value is -2.44. The molecule has 1 atom stereocenters. The van der Waals surface area contributed by atoms with Crippen LogP contribution >= 0.6 is 11.6 Å². The lowest BCUT2D eigenvalue weighted by molar-refractivity contribution is -0.143. The van der Waals surface area contributed by atoms with E-state index in [2.05, 4.69) is 16.4 Å². The quantitative estimate of drug-likeness (QED) is 0.602. The number of esters is 1. The molecule has 1 aliphatic rings. The number of aryl methyl sites for hydroxylation is 3. The summed E-state index contributed by atoms with van der Waals surface area (Å²) >= 11 is 6.61. The Morgan fingerprint density at radius 1 is 1.33 bits per heavy atom. The molecule has 0 amide bonds. The first-order valence-corrected chi connectivity index (χ1v) is 10.7. The second-order valence-corrected chi connectivity index (χ2v) is 8.28. The minimum absolute atomic E-state index is 0.00870. The van der Waals surface area contributed by atoms with Crippen molar-refractivity contribution in [3.63, 3.8) is 0 Å². The van der Waals surface area contributed by atoms with E-state index in [9.17, 15) is 9.90 Å². The van der Waals surface area contributed by atoms with Gasteiger partial charge in [-0.3, -0.25) is 4.79 Å². The molecular weight excluding hydrogens is 402 g/mol. The van der Waals surface area contributed by atoms with Gasteiger partial charge in [0.2, 0.25) is 0 Å². The van der Waals surface area contributed by atoms with Crippen LogP contribution in [0.25, 0.3) is 11.0 Å². The molecule has 1 aromatic heterocycles. The molecule has 158 valence electrons. The van der Waals surface area contributed by atoms with E-state index >= 15 is 0 Å². The summed E-state index contributed by atoms with van der Waals surface area (Å²) in [6, 6.07) is 6.13. The van der Waals surface area contributed by atoms with Gasteiger partial charge in [0.25, 0.3) is 0 Å². The number of nitrogens with zero attached hydrogens (tertiary/aromatic N) is 3. The van der Waals surface area contributed by atoms with Gasteiger partial charge in [-0.2, -0.15) is 0 Å². The van der Waals surface area contributed by atoms with E-state index in [1.54, 1.807) is 11.6 Å². The topological polar surface area (TPSA) is 77.2 Å². The van der Waals surface area contributed by atoms with Crippen LogP contribution in [-0.4, -0.2) is 32.7 Å². The van der Waals surface area contributed by atoms with Crippen molar-refractivity contribution in [3.8, 4) is 0 Å². The molecule has 0 radical (unpaired) electrons. The molecule has 0 aliphatic heterocycles. The van der Waals surface area contributed by atoms with Crippen LogP contribution in [0, 0.1) is 6.92 Å². The van der Waals surface area contributed by atoms with Gasteiger partial charge < -0.3 is 9.84 Å². The van der Waals surface area contributed by atoms with Crippen LogP contribution in [0.3, 0.4) is 0 Å². The van der Waals surface area contributed by atoms with Gasteiger partial charge in [0, 0.05) is 13.0 Å². The van der Waals surface area contributed by atoms with E-state index in [1.807, 2.05) is 26.1 Å². The molecule has 0 unspecified atom stereocenters. The number of aromatic nitrogens is 3.